The standard InChI is InChI=1S/C27H39NO/c1-25(2,3)21-16-19(24(29)22(17-21)26(4,5)6)18-28-23-14-10-11-15-27(23,7)20-12-8-9-13-20/h10-11,14-18,20,23,29H,8-9,12-13H2,1-7H3. The van der Waals surface area contributed by atoms with Crippen LogP contribution >= 0.6 is 0 Å². The number of allylic oxidation sites excluding steroid dienone is 2. The Balaban J connectivity index is 2.01. The predicted molar refractivity (Wildman–Crippen MR) is 125 cm³/mol. The first-order chi connectivity index (χ1) is 13.4. The maximum absolute atomic E-state index is 11.1. The van der Waals surface area contributed by atoms with E-state index in [1.54, 1.807) is 0 Å². The molecule has 1 saturated carbocycles. The van der Waals surface area contributed by atoms with Crippen LogP contribution in [0.2, 0.25) is 0 Å². The number of nitrogens with zero attached hydrogens (tertiary/aromatic N) is 1. The number of aliphatic imine (C=N–C) groups is 1. The van der Waals surface area contributed by atoms with Crippen LogP contribution in [0.5, 0.6) is 5.75 Å². The zero-order valence-electron chi connectivity index (χ0n) is 19.4. The number of benzene rings is 1. The van der Waals surface area contributed by atoms with Crippen molar-refractivity contribution in [3.63, 3.8) is 0 Å². The molecule has 0 radical (unpaired) electrons. The summed E-state index contributed by atoms with van der Waals surface area (Å²) in [6.07, 6.45) is 16.0. The van der Waals surface area contributed by atoms with Gasteiger partial charge < -0.3 is 5.11 Å². The molecule has 0 heterocycles. The zero-order valence-corrected chi connectivity index (χ0v) is 19.4. The fraction of sp³-hybridized carbons (Fsp3) is 0.593. The molecular weight excluding hydrogens is 354 g/mol. The van der Waals surface area contributed by atoms with Gasteiger partial charge in [0.25, 0.3) is 0 Å². The molecule has 2 atom stereocenters. The summed E-state index contributed by atoms with van der Waals surface area (Å²) in [5.41, 5.74) is 3.01. The third-order valence-corrected chi connectivity index (χ3v) is 6.92. The van der Waals surface area contributed by atoms with Crippen molar-refractivity contribution in [1.82, 2.24) is 0 Å². The molecule has 0 amide bonds. The fourth-order valence-electron chi connectivity index (χ4n) is 4.79. The Hall–Kier alpha value is -1.83. The average Bonchev–Trinajstić information content (AvgIpc) is 3.15. The molecule has 1 fully saturated rings. The Morgan fingerprint density at radius 2 is 1.66 bits per heavy atom. The molecule has 1 N–H and O–H groups in total. The van der Waals surface area contributed by atoms with Crippen LogP contribution in [0.4, 0.5) is 0 Å². The Morgan fingerprint density at radius 1 is 1.00 bits per heavy atom. The highest BCUT2D eigenvalue weighted by molar-refractivity contribution is 5.85. The van der Waals surface area contributed by atoms with Crippen LogP contribution in [-0.4, -0.2) is 17.4 Å². The van der Waals surface area contributed by atoms with Crippen molar-refractivity contribution in [2.75, 3.05) is 0 Å². The molecule has 0 aliphatic heterocycles. The lowest BCUT2D eigenvalue weighted by atomic mass is 9.69. The molecule has 0 aromatic heterocycles. The van der Waals surface area contributed by atoms with Crippen molar-refractivity contribution in [3.05, 3.63) is 53.1 Å². The molecule has 2 heteroatoms. The molecule has 2 aliphatic carbocycles. The lowest BCUT2D eigenvalue weighted by Gasteiger charge is -2.38. The molecule has 0 bridgehead atoms. The van der Waals surface area contributed by atoms with Crippen molar-refractivity contribution < 1.29 is 5.11 Å². The second kappa shape index (κ2) is 7.78. The minimum absolute atomic E-state index is 0.0160. The average molecular weight is 394 g/mol. The second-order valence-corrected chi connectivity index (χ2v) is 11.3. The largest absolute Gasteiger partial charge is 0.507 e. The van der Waals surface area contributed by atoms with Crippen LogP contribution in [0.25, 0.3) is 0 Å². The van der Waals surface area contributed by atoms with E-state index in [0.717, 1.165) is 11.1 Å². The van der Waals surface area contributed by atoms with Crippen LogP contribution in [0, 0.1) is 11.3 Å². The lowest BCUT2D eigenvalue weighted by Crippen LogP contribution is -2.35. The molecule has 2 aliphatic rings. The lowest BCUT2D eigenvalue weighted by molar-refractivity contribution is 0.233. The van der Waals surface area contributed by atoms with Gasteiger partial charge >= 0.3 is 0 Å². The number of phenolic OH excluding ortho intramolecular Hbond substituents is 1. The molecule has 2 unspecified atom stereocenters. The van der Waals surface area contributed by atoms with E-state index in [2.05, 4.69) is 84.9 Å². The summed E-state index contributed by atoms with van der Waals surface area (Å²) in [5, 5.41) is 11.1. The van der Waals surface area contributed by atoms with Crippen molar-refractivity contribution in [2.45, 2.75) is 91.0 Å². The third-order valence-electron chi connectivity index (χ3n) is 6.92. The van der Waals surface area contributed by atoms with Gasteiger partial charge in [0, 0.05) is 22.8 Å². The highest BCUT2D eigenvalue weighted by Gasteiger charge is 2.40. The first-order valence-electron chi connectivity index (χ1n) is 11.2. The van der Waals surface area contributed by atoms with Gasteiger partial charge in [-0.2, -0.15) is 0 Å². The van der Waals surface area contributed by atoms with Gasteiger partial charge in [-0.3, -0.25) is 4.99 Å². The van der Waals surface area contributed by atoms with Gasteiger partial charge in [0.05, 0.1) is 6.04 Å². The molecule has 1 aromatic rings. The van der Waals surface area contributed by atoms with E-state index in [1.807, 2.05) is 6.21 Å². The number of aromatic hydroxyl groups is 1. The van der Waals surface area contributed by atoms with Gasteiger partial charge in [-0.15, -0.1) is 0 Å². The molecule has 158 valence electrons. The maximum atomic E-state index is 11.1. The van der Waals surface area contributed by atoms with Crippen LogP contribution in [-0.2, 0) is 10.8 Å². The SMILES string of the molecule is CC(C)(C)c1cc(C=NC2C=CC=CC2(C)C2CCCC2)c(O)c(C(C)(C)C)c1. The molecule has 0 saturated heterocycles. The van der Waals surface area contributed by atoms with Crippen molar-refractivity contribution in [1.29, 1.82) is 0 Å². The van der Waals surface area contributed by atoms with Gasteiger partial charge in [0.2, 0.25) is 0 Å². The van der Waals surface area contributed by atoms with Crippen molar-refractivity contribution in [2.24, 2.45) is 16.3 Å². The van der Waals surface area contributed by atoms with Crippen LogP contribution in [0.1, 0.15) is 90.8 Å². The molecule has 29 heavy (non-hydrogen) atoms. The smallest absolute Gasteiger partial charge is 0.128 e. The number of hydrogen-bond donors (Lipinski definition) is 1. The van der Waals surface area contributed by atoms with Crippen LogP contribution in [0.15, 0.2) is 41.4 Å². The normalized spacial score (nSPS) is 26.0. The summed E-state index contributed by atoms with van der Waals surface area (Å²) in [6.45, 7) is 15.5. The minimum atomic E-state index is -0.125. The van der Waals surface area contributed by atoms with Gasteiger partial charge in [0.1, 0.15) is 5.75 Å². The molecule has 3 rings (SSSR count). The third kappa shape index (κ3) is 4.52. The van der Waals surface area contributed by atoms with Crippen LogP contribution < -0.4 is 0 Å². The van der Waals surface area contributed by atoms with Gasteiger partial charge in [-0.05, 0) is 41.2 Å². The summed E-state index contributed by atoms with van der Waals surface area (Å²) >= 11 is 0. The van der Waals surface area contributed by atoms with E-state index >= 15 is 0 Å². The van der Waals surface area contributed by atoms with E-state index in [9.17, 15) is 5.11 Å². The topological polar surface area (TPSA) is 32.6 Å². The second-order valence-electron chi connectivity index (χ2n) is 11.3. The van der Waals surface area contributed by atoms with Crippen molar-refractivity contribution >= 4 is 6.21 Å². The van der Waals surface area contributed by atoms with Crippen LogP contribution in [0.3, 0.4) is 0 Å². The Kier molecular flexibility index (Phi) is 5.87. The number of hydrogen-bond acceptors (Lipinski definition) is 2. The highest BCUT2D eigenvalue weighted by atomic mass is 16.3. The van der Waals surface area contributed by atoms with E-state index in [1.165, 1.54) is 31.2 Å². The predicted octanol–water partition coefficient (Wildman–Crippen LogP) is 7.10. The summed E-state index contributed by atoms with van der Waals surface area (Å²) in [7, 11) is 0. The first-order valence-corrected chi connectivity index (χ1v) is 11.2. The zero-order chi connectivity index (χ0) is 21.4. The summed E-state index contributed by atoms with van der Waals surface area (Å²) in [4.78, 5) is 5.04. The Morgan fingerprint density at radius 3 is 2.24 bits per heavy atom. The van der Waals surface area contributed by atoms with Gasteiger partial charge in [-0.25, -0.2) is 0 Å². The molecule has 2 nitrogen and oxygen atoms in total. The Labute approximate surface area is 177 Å². The quantitative estimate of drug-likeness (QED) is 0.546. The van der Waals surface area contributed by atoms with Crippen molar-refractivity contribution in [3.8, 4) is 5.75 Å². The minimum Gasteiger partial charge on any atom is -0.507 e. The molecular formula is C27H39NO. The Bertz CT molecular complexity index is 825. The van der Waals surface area contributed by atoms with E-state index in [4.69, 9.17) is 4.99 Å². The van der Waals surface area contributed by atoms with E-state index < -0.39 is 0 Å². The molecule has 1 aromatic carbocycles. The van der Waals surface area contributed by atoms with E-state index in [-0.39, 0.29) is 22.3 Å². The number of rotatable bonds is 3. The fourth-order valence-corrected chi connectivity index (χ4v) is 4.79. The maximum Gasteiger partial charge on any atom is 0.128 e. The summed E-state index contributed by atoms with van der Waals surface area (Å²) in [6, 6.07) is 4.40. The summed E-state index contributed by atoms with van der Waals surface area (Å²) in [5.74, 6) is 1.05. The highest BCUT2D eigenvalue weighted by Crippen LogP contribution is 2.46. The first kappa shape index (κ1) is 21.9. The number of phenols is 1. The van der Waals surface area contributed by atoms with E-state index in [0.29, 0.717) is 11.7 Å². The van der Waals surface area contributed by atoms with Gasteiger partial charge in [0.15, 0.2) is 0 Å². The van der Waals surface area contributed by atoms with Gasteiger partial charge in [-0.1, -0.05) is 91.7 Å². The molecule has 0 spiro atoms. The monoisotopic (exact) mass is 393 g/mol. The summed E-state index contributed by atoms with van der Waals surface area (Å²) < 4.78 is 0.